The topological polar surface area (TPSA) is 58.7 Å². The molecular weight excluding hydrogens is 250 g/mol. The average molecular weight is 267 g/mol. The summed E-state index contributed by atoms with van der Waals surface area (Å²) in [6.45, 7) is 1.97. The minimum absolute atomic E-state index is 0.0253. The van der Waals surface area contributed by atoms with Gasteiger partial charge in [-0.05, 0) is 12.0 Å². The van der Waals surface area contributed by atoms with Gasteiger partial charge in [0.2, 0.25) is 0 Å². The van der Waals surface area contributed by atoms with E-state index >= 15 is 0 Å². The number of hydrogen-bond donors (Lipinski definition) is 0. The highest BCUT2D eigenvalue weighted by Crippen LogP contribution is 2.25. The Balaban J connectivity index is 2.39. The van der Waals surface area contributed by atoms with Gasteiger partial charge in [-0.15, -0.1) is 0 Å². The van der Waals surface area contributed by atoms with E-state index < -0.39 is 5.92 Å². The summed E-state index contributed by atoms with van der Waals surface area (Å²) in [6, 6.07) is 11.6. The van der Waals surface area contributed by atoms with E-state index in [0.717, 1.165) is 11.3 Å². The Morgan fingerprint density at radius 3 is 2.70 bits per heavy atom. The Morgan fingerprint density at radius 2 is 2.10 bits per heavy atom. The summed E-state index contributed by atoms with van der Waals surface area (Å²) in [5.74, 6) is -0.446. The van der Waals surface area contributed by atoms with Crippen molar-refractivity contribution < 1.29 is 4.79 Å². The number of nitriles is 1. The second-order valence-corrected chi connectivity index (χ2v) is 4.71. The summed E-state index contributed by atoms with van der Waals surface area (Å²) in [6.07, 6.45) is 2.63. The summed E-state index contributed by atoms with van der Waals surface area (Å²) in [4.78, 5) is 12.7. The number of ketones is 1. The first-order valence-electron chi connectivity index (χ1n) is 6.66. The zero-order valence-corrected chi connectivity index (χ0v) is 11.7. The molecule has 0 amide bonds. The van der Waals surface area contributed by atoms with Crippen LogP contribution in [0.5, 0.6) is 0 Å². The third-order valence-electron chi connectivity index (χ3n) is 3.32. The minimum atomic E-state index is -0.421. The molecule has 1 unspecified atom stereocenters. The second kappa shape index (κ2) is 6.16. The van der Waals surface area contributed by atoms with Crippen LogP contribution in [0.1, 0.15) is 40.9 Å². The monoisotopic (exact) mass is 267 g/mol. The molecule has 0 aliphatic carbocycles. The fourth-order valence-corrected chi connectivity index (χ4v) is 2.33. The van der Waals surface area contributed by atoms with Gasteiger partial charge in [-0.3, -0.25) is 9.48 Å². The van der Waals surface area contributed by atoms with Gasteiger partial charge in [0.25, 0.3) is 0 Å². The molecule has 102 valence electrons. The highest BCUT2D eigenvalue weighted by molar-refractivity contribution is 6.01. The first-order chi connectivity index (χ1) is 9.67. The third kappa shape index (κ3) is 2.77. The van der Waals surface area contributed by atoms with Crippen LogP contribution in [0.4, 0.5) is 0 Å². The smallest absolute Gasteiger partial charge is 0.174 e. The van der Waals surface area contributed by atoms with Gasteiger partial charge in [-0.25, -0.2) is 0 Å². The molecular formula is C16H17N3O. The largest absolute Gasteiger partial charge is 0.293 e. The van der Waals surface area contributed by atoms with Crippen LogP contribution in [0.25, 0.3) is 0 Å². The molecule has 2 rings (SSSR count). The van der Waals surface area contributed by atoms with Crippen molar-refractivity contribution in [3.8, 4) is 6.07 Å². The fraction of sp³-hybridized carbons (Fsp3) is 0.312. The summed E-state index contributed by atoms with van der Waals surface area (Å²) in [5.41, 5.74) is 2.29. The molecule has 0 fully saturated rings. The van der Waals surface area contributed by atoms with Gasteiger partial charge >= 0.3 is 0 Å². The van der Waals surface area contributed by atoms with Crippen LogP contribution in [0.3, 0.4) is 0 Å². The van der Waals surface area contributed by atoms with E-state index in [1.165, 1.54) is 0 Å². The first kappa shape index (κ1) is 14.0. The van der Waals surface area contributed by atoms with Gasteiger partial charge in [0.05, 0.1) is 23.2 Å². The normalized spacial score (nSPS) is 11.8. The highest BCUT2D eigenvalue weighted by Gasteiger charge is 2.25. The molecule has 1 aromatic carbocycles. The van der Waals surface area contributed by atoms with Crippen LogP contribution in [0, 0.1) is 11.3 Å². The molecule has 0 saturated heterocycles. The second-order valence-electron chi connectivity index (χ2n) is 4.71. The lowest BCUT2D eigenvalue weighted by molar-refractivity contribution is 0.0959. The van der Waals surface area contributed by atoms with Gasteiger partial charge in [0, 0.05) is 19.7 Å². The number of Topliss-reactive ketones (excluding diaryl/α,β-unsaturated/α-hetero) is 1. The van der Waals surface area contributed by atoms with E-state index in [-0.39, 0.29) is 12.2 Å². The molecule has 0 bridgehead atoms. The Bertz CT molecular complexity index is 637. The SMILES string of the molecule is CCc1nn(C)cc1C(=O)C(CC#N)c1ccccc1. The number of nitrogens with zero attached hydrogens (tertiary/aromatic N) is 3. The van der Waals surface area contributed by atoms with E-state index in [1.807, 2.05) is 37.3 Å². The van der Waals surface area contributed by atoms with E-state index in [0.29, 0.717) is 12.0 Å². The molecule has 0 aliphatic heterocycles. The summed E-state index contributed by atoms with van der Waals surface area (Å²) >= 11 is 0. The lowest BCUT2D eigenvalue weighted by Crippen LogP contribution is -2.13. The zero-order chi connectivity index (χ0) is 14.5. The van der Waals surface area contributed by atoms with Crippen molar-refractivity contribution in [3.63, 3.8) is 0 Å². The number of carbonyl (C=O) groups excluding carboxylic acids is 1. The van der Waals surface area contributed by atoms with E-state index in [9.17, 15) is 4.79 Å². The maximum absolute atomic E-state index is 12.7. The number of aryl methyl sites for hydroxylation is 2. The van der Waals surface area contributed by atoms with Crippen LogP contribution in [0.2, 0.25) is 0 Å². The molecule has 0 aliphatic rings. The van der Waals surface area contributed by atoms with E-state index in [4.69, 9.17) is 5.26 Å². The van der Waals surface area contributed by atoms with Crippen molar-refractivity contribution in [3.05, 3.63) is 53.3 Å². The van der Waals surface area contributed by atoms with Crippen LogP contribution in [0.15, 0.2) is 36.5 Å². The van der Waals surface area contributed by atoms with Crippen LogP contribution < -0.4 is 0 Å². The van der Waals surface area contributed by atoms with Crippen molar-refractivity contribution in [1.29, 1.82) is 5.26 Å². The number of hydrogen-bond acceptors (Lipinski definition) is 3. The molecule has 0 spiro atoms. The Kier molecular flexibility index (Phi) is 4.31. The average Bonchev–Trinajstić information content (AvgIpc) is 2.86. The lowest BCUT2D eigenvalue weighted by Gasteiger charge is -2.12. The first-order valence-corrected chi connectivity index (χ1v) is 6.66. The molecule has 0 saturated carbocycles. The summed E-state index contributed by atoms with van der Waals surface area (Å²) in [7, 11) is 1.80. The minimum Gasteiger partial charge on any atom is -0.293 e. The molecule has 0 N–H and O–H groups in total. The van der Waals surface area contributed by atoms with Crippen LogP contribution in [-0.2, 0) is 13.5 Å². The Labute approximate surface area is 118 Å². The highest BCUT2D eigenvalue weighted by atomic mass is 16.1. The van der Waals surface area contributed by atoms with Crippen molar-refractivity contribution in [2.75, 3.05) is 0 Å². The maximum atomic E-state index is 12.7. The van der Waals surface area contributed by atoms with Gasteiger partial charge in [-0.1, -0.05) is 37.3 Å². The number of rotatable bonds is 5. The van der Waals surface area contributed by atoms with Gasteiger partial charge in [-0.2, -0.15) is 10.4 Å². The van der Waals surface area contributed by atoms with Gasteiger partial charge in [0.1, 0.15) is 0 Å². The van der Waals surface area contributed by atoms with Crippen molar-refractivity contribution >= 4 is 5.78 Å². The van der Waals surface area contributed by atoms with Crippen molar-refractivity contribution in [1.82, 2.24) is 9.78 Å². The number of carbonyl (C=O) groups is 1. The number of aromatic nitrogens is 2. The predicted octanol–water partition coefficient (Wildman–Crippen LogP) is 2.86. The fourth-order valence-electron chi connectivity index (χ4n) is 2.33. The third-order valence-corrected chi connectivity index (χ3v) is 3.32. The lowest BCUT2D eigenvalue weighted by atomic mass is 9.88. The molecule has 20 heavy (non-hydrogen) atoms. The predicted molar refractivity (Wildman–Crippen MR) is 76.3 cm³/mol. The Morgan fingerprint density at radius 1 is 1.40 bits per heavy atom. The van der Waals surface area contributed by atoms with Crippen molar-refractivity contribution in [2.45, 2.75) is 25.7 Å². The van der Waals surface area contributed by atoms with Crippen LogP contribution >= 0.6 is 0 Å². The molecule has 1 atom stereocenters. The van der Waals surface area contributed by atoms with Gasteiger partial charge < -0.3 is 0 Å². The van der Waals surface area contributed by atoms with E-state index in [2.05, 4.69) is 11.2 Å². The molecule has 0 radical (unpaired) electrons. The summed E-state index contributed by atoms with van der Waals surface area (Å²) in [5, 5.41) is 13.3. The molecule has 4 heteroatoms. The maximum Gasteiger partial charge on any atom is 0.174 e. The molecule has 2 aromatic rings. The standard InChI is InChI=1S/C16H17N3O/c1-3-15-14(11-19(2)18-15)16(20)13(9-10-17)12-7-5-4-6-8-12/h4-8,11,13H,3,9H2,1-2H3. The van der Waals surface area contributed by atoms with Crippen LogP contribution in [-0.4, -0.2) is 15.6 Å². The molecule has 1 heterocycles. The van der Waals surface area contributed by atoms with Crippen molar-refractivity contribution in [2.24, 2.45) is 7.05 Å². The quantitative estimate of drug-likeness (QED) is 0.783. The molecule has 1 aromatic heterocycles. The van der Waals surface area contributed by atoms with E-state index in [1.54, 1.807) is 17.9 Å². The zero-order valence-electron chi connectivity index (χ0n) is 11.7. The van der Waals surface area contributed by atoms with Gasteiger partial charge in [0.15, 0.2) is 5.78 Å². The molecule has 4 nitrogen and oxygen atoms in total. The Hall–Kier alpha value is -2.41. The summed E-state index contributed by atoms with van der Waals surface area (Å²) < 4.78 is 1.65. The number of benzene rings is 1.